The van der Waals surface area contributed by atoms with Crippen LogP contribution in [0.4, 0.5) is 4.79 Å². The van der Waals surface area contributed by atoms with E-state index in [1.54, 1.807) is 11.9 Å². The van der Waals surface area contributed by atoms with E-state index in [2.05, 4.69) is 31.7 Å². The molecule has 0 fully saturated rings. The number of nitrogens with zero attached hydrogens (tertiary/aromatic N) is 2. The zero-order chi connectivity index (χ0) is 15.1. The second-order valence-corrected chi connectivity index (χ2v) is 4.85. The van der Waals surface area contributed by atoms with E-state index in [0.29, 0.717) is 18.3 Å². The van der Waals surface area contributed by atoms with E-state index in [0.717, 1.165) is 18.7 Å². The molecule has 0 saturated carbocycles. The summed E-state index contributed by atoms with van der Waals surface area (Å²) < 4.78 is 5.37. The van der Waals surface area contributed by atoms with Crippen molar-refractivity contribution in [1.29, 1.82) is 0 Å². The van der Waals surface area contributed by atoms with Crippen LogP contribution < -0.4 is 4.74 Å². The molecule has 4 nitrogen and oxygen atoms in total. The lowest BCUT2D eigenvalue weighted by molar-refractivity contribution is 0.165. The average Bonchev–Trinajstić information content (AvgIpc) is 2.47. The van der Waals surface area contributed by atoms with Gasteiger partial charge in [-0.1, -0.05) is 26.0 Å². The second-order valence-electron chi connectivity index (χ2n) is 4.85. The Labute approximate surface area is 122 Å². The molecule has 1 rings (SSSR count). The minimum absolute atomic E-state index is 0.313. The lowest BCUT2D eigenvalue weighted by atomic mass is 10.1. The van der Waals surface area contributed by atoms with E-state index in [-0.39, 0.29) is 6.09 Å². The monoisotopic (exact) mass is 278 g/mol. The fraction of sp³-hybridized carbons (Fsp3) is 0.562. The van der Waals surface area contributed by atoms with Crippen molar-refractivity contribution in [1.82, 2.24) is 9.80 Å². The number of carbonyl (C=O) groups excluding carboxylic acids is 1. The summed E-state index contributed by atoms with van der Waals surface area (Å²) in [7, 11) is 1.73. The molecule has 0 unspecified atom stereocenters. The van der Waals surface area contributed by atoms with Gasteiger partial charge in [0.25, 0.3) is 0 Å². The normalized spacial score (nSPS) is 12.3. The van der Waals surface area contributed by atoms with Crippen LogP contribution >= 0.6 is 0 Å². The summed E-state index contributed by atoms with van der Waals surface area (Å²) in [5.41, 5.74) is 1.16. The van der Waals surface area contributed by atoms with Gasteiger partial charge in [-0.05, 0) is 44.6 Å². The highest BCUT2D eigenvalue weighted by atomic mass is 16.6. The standard InChI is InChI=1S/C16H26N2O2/c1-6-17(5)16(19)20-15-11-9-10-14(12-15)13(4)18(7-2)8-3/h9-13H,6-8H2,1-5H3/t13-/m0/s1. The van der Waals surface area contributed by atoms with Gasteiger partial charge >= 0.3 is 6.09 Å². The van der Waals surface area contributed by atoms with Gasteiger partial charge in [0.15, 0.2) is 0 Å². The molecule has 0 bridgehead atoms. The smallest absolute Gasteiger partial charge is 0.410 e. The van der Waals surface area contributed by atoms with Crippen LogP contribution in [0.2, 0.25) is 0 Å². The highest BCUT2D eigenvalue weighted by Gasteiger charge is 2.14. The molecule has 1 aromatic rings. The maximum atomic E-state index is 11.8. The quantitative estimate of drug-likeness (QED) is 0.798. The molecule has 0 aliphatic heterocycles. The third kappa shape index (κ3) is 4.23. The molecule has 1 aromatic carbocycles. The molecule has 0 saturated heterocycles. The lowest BCUT2D eigenvalue weighted by Gasteiger charge is -2.27. The van der Waals surface area contributed by atoms with E-state index in [9.17, 15) is 4.79 Å². The molecule has 0 spiro atoms. The molecular weight excluding hydrogens is 252 g/mol. The molecule has 112 valence electrons. The van der Waals surface area contributed by atoms with Gasteiger partial charge in [-0.15, -0.1) is 0 Å². The van der Waals surface area contributed by atoms with E-state index in [4.69, 9.17) is 4.74 Å². The van der Waals surface area contributed by atoms with Crippen molar-refractivity contribution in [3.05, 3.63) is 29.8 Å². The molecule has 0 N–H and O–H groups in total. The molecule has 0 aliphatic rings. The van der Waals surface area contributed by atoms with Crippen molar-refractivity contribution in [2.75, 3.05) is 26.7 Å². The minimum Gasteiger partial charge on any atom is -0.410 e. The van der Waals surface area contributed by atoms with E-state index < -0.39 is 0 Å². The average molecular weight is 278 g/mol. The molecule has 0 aromatic heterocycles. The highest BCUT2D eigenvalue weighted by molar-refractivity contribution is 5.70. The zero-order valence-electron chi connectivity index (χ0n) is 13.2. The van der Waals surface area contributed by atoms with Gasteiger partial charge in [-0.2, -0.15) is 0 Å². The van der Waals surface area contributed by atoms with Crippen LogP contribution in [0.5, 0.6) is 5.75 Å². The van der Waals surface area contributed by atoms with Gasteiger partial charge in [0.2, 0.25) is 0 Å². The first-order chi connectivity index (χ1) is 9.53. The summed E-state index contributed by atoms with van der Waals surface area (Å²) in [6.07, 6.45) is -0.319. The number of benzene rings is 1. The molecule has 1 amide bonds. The van der Waals surface area contributed by atoms with Gasteiger partial charge in [-0.25, -0.2) is 4.79 Å². The van der Waals surface area contributed by atoms with Crippen molar-refractivity contribution in [3.8, 4) is 5.75 Å². The Hall–Kier alpha value is -1.55. The van der Waals surface area contributed by atoms with Gasteiger partial charge in [0.1, 0.15) is 5.75 Å². The van der Waals surface area contributed by atoms with Crippen molar-refractivity contribution in [3.63, 3.8) is 0 Å². The third-order valence-electron chi connectivity index (χ3n) is 3.69. The fourth-order valence-electron chi connectivity index (χ4n) is 2.13. The van der Waals surface area contributed by atoms with Gasteiger partial charge in [0, 0.05) is 19.6 Å². The Balaban J connectivity index is 2.82. The summed E-state index contributed by atoms with van der Waals surface area (Å²) in [6, 6.07) is 8.09. The van der Waals surface area contributed by atoms with Gasteiger partial charge in [-0.3, -0.25) is 4.90 Å². The maximum absolute atomic E-state index is 11.8. The Kier molecular flexibility index (Phi) is 6.52. The predicted molar refractivity (Wildman–Crippen MR) is 82.1 cm³/mol. The topological polar surface area (TPSA) is 32.8 Å². The van der Waals surface area contributed by atoms with Crippen LogP contribution in [0.15, 0.2) is 24.3 Å². The van der Waals surface area contributed by atoms with Crippen LogP contribution in [-0.4, -0.2) is 42.6 Å². The number of carbonyl (C=O) groups is 1. The summed E-state index contributed by atoms with van der Waals surface area (Å²) in [5, 5.41) is 0. The van der Waals surface area contributed by atoms with Crippen molar-refractivity contribution < 1.29 is 9.53 Å². The van der Waals surface area contributed by atoms with Crippen LogP contribution in [-0.2, 0) is 0 Å². The Morgan fingerprint density at radius 3 is 2.40 bits per heavy atom. The zero-order valence-corrected chi connectivity index (χ0v) is 13.2. The number of ether oxygens (including phenoxy) is 1. The van der Waals surface area contributed by atoms with Crippen molar-refractivity contribution in [2.45, 2.75) is 33.7 Å². The van der Waals surface area contributed by atoms with Crippen LogP contribution in [0.25, 0.3) is 0 Å². The SMILES string of the molecule is CCN(C)C(=O)Oc1cccc([C@H](C)N(CC)CC)c1. The molecule has 0 heterocycles. The minimum atomic E-state index is -0.319. The first kappa shape index (κ1) is 16.5. The molecule has 20 heavy (non-hydrogen) atoms. The van der Waals surface area contributed by atoms with Crippen LogP contribution in [0.3, 0.4) is 0 Å². The summed E-state index contributed by atoms with van der Waals surface area (Å²) in [6.45, 7) is 11.0. The number of rotatable bonds is 6. The van der Waals surface area contributed by atoms with Gasteiger partial charge < -0.3 is 9.64 Å². The predicted octanol–water partition coefficient (Wildman–Crippen LogP) is 3.54. The molecule has 0 aliphatic carbocycles. The second kappa shape index (κ2) is 7.90. The van der Waals surface area contributed by atoms with E-state index in [1.165, 1.54) is 0 Å². The Bertz CT molecular complexity index is 430. The molecule has 1 atom stereocenters. The summed E-state index contributed by atoms with van der Waals surface area (Å²) >= 11 is 0. The number of hydrogen-bond donors (Lipinski definition) is 0. The molecule has 4 heteroatoms. The third-order valence-corrected chi connectivity index (χ3v) is 3.69. The fourth-order valence-corrected chi connectivity index (χ4v) is 2.13. The first-order valence-electron chi connectivity index (χ1n) is 7.30. The lowest BCUT2D eigenvalue weighted by Crippen LogP contribution is -2.29. The van der Waals surface area contributed by atoms with Crippen molar-refractivity contribution >= 4 is 6.09 Å². The summed E-state index contributed by atoms with van der Waals surface area (Å²) in [4.78, 5) is 15.7. The van der Waals surface area contributed by atoms with E-state index in [1.807, 2.05) is 25.1 Å². The maximum Gasteiger partial charge on any atom is 0.414 e. The summed E-state index contributed by atoms with van der Waals surface area (Å²) in [5.74, 6) is 0.604. The van der Waals surface area contributed by atoms with Crippen molar-refractivity contribution in [2.24, 2.45) is 0 Å². The Morgan fingerprint density at radius 2 is 1.85 bits per heavy atom. The van der Waals surface area contributed by atoms with Crippen LogP contribution in [0, 0.1) is 0 Å². The number of amides is 1. The number of hydrogen-bond acceptors (Lipinski definition) is 3. The molecular formula is C16H26N2O2. The van der Waals surface area contributed by atoms with Gasteiger partial charge in [0.05, 0.1) is 0 Å². The van der Waals surface area contributed by atoms with Crippen LogP contribution in [0.1, 0.15) is 39.3 Å². The molecule has 0 radical (unpaired) electrons. The first-order valence-corrected chi connectivity index (χ1v) is 7.30. The largest absolute Gasteiger partial charge is 0.414 e. The van der Waals surface area contributed by atoms with E-state index >= 15 is 0 Å². The Morgan fingerprint density at radius 1 is 1.20 bits per heavy atom. The highest BCUT2D eigenvalue weighted by Crippen LogP contribution is 2.23.